The minimum Gasteiger partial charge on any atom is -0.324 e. The Labute approximate surface area is 201 Å². The summed E-state index contributed by atoms with van der Waals surface area (Å²) in [6.45, 7) is 2.24. The number of aromatic nitrogens is 2. The van der Waals surface area contributed by atoms with Gasteiger partial charge in [-0.3, -0.25) is 24.3 Å². The minimum absolute atomic E-state index is 0.0238. The number of amides is 1. The predicted molar refractivity (Wildman–Crippen MR) is 130 cm³/mol. The molecule has 184 valence electrons. The Morgan fingerprint density at radius 2 is 1.83 bits per heavy atom. The van der Waals surface area contributed by atoms with Gasteiger partial charge in [0.15, 0.2) is 0 Å². The van der Waals surface area contributed by atoms with Gasteiger partial charge in [0.1, 0.15) is 6.54 Å². The summed E-state index contributed by atoms with van der Waals surface area (Å²) in [5.74, 6) is -0.569. The first-order valence-electron chi connectivity index (χ1n) is 11.2. The largest absolute Gasteiger partial charge is 0.324 e. The third-order valence-corrected chi connectivity index (χ3v) is 8.03. The van der Waals surface area contributed by atoms with Crippen molar-refractivity contribution in [1.29, 1.82) is 0 Å². The molecule has 0 atom stereocenters. The molecule has 0 aliphatic carbocycles. The molecule has 1 fully saturated rings. The summed E-state index contributed by atoms with van der Waals surface area (Å²) in [6, 6.07) is 8.40. The Morgan fingerprint density at radius 3 is 2.51 bits per heavy atom. The van der Waals surface area contributed by atoms with Crippen LogP contribution in [0.5, 0.6) is 0 Å². The van der Waals surface area contributed by atoms with Crippen molar-refractivity contribution in [2.75, 3.05) is 18.4 Å². The molecule has 0 spiro atoms. The predicted octanol–water partition coefficient (Wildman–Crippen LogP) is 2.82. The first kappa shape index (κ1) is 24.5. The van der Waals surface area contributed by atoms with Crippen molar-refractivity contribution in [3.63, 3.8) is 0 Å². The number of benzene rings is 2. The van der Waals surface area contributed by atoms with Crippen LogP contribution in [0.4, 0.5) is 11.4 Å². The fourth-order valence-electron chi connectivity index (χ4n) is 4.11. The van der Waals surface area contributed by atoms with E-state index in [-0.39, 0.29) is 27.2 Å². The summed E-state index contributed by atoms with van der Waals surface area (Å²) < 4.78 is 29.0. The molecule has 11 nitrogen and oxygen atoms in total. The highest BCUT2D eigenvalue weighted by atomic mass is 32.2. The van der Waals surface area contributed by atoms with Crippen molar-refractivity contribution in [2.45, 2.75) is 44.0 Å². The SMILES string of the molecule is Cc1ccc(NC(=O)Cn2cnc3ccc([N+](=O)[O-])cc3c2=O)cc1S(=O)(=O)N1CCCCCC1. The highest BCUT2D eigenvalue weighted by Gasteiger charge is 2.27. The molecule has 0 saturated carbocycles. The summed E-state index contributed by atoms with van der Waals surface area (Å²) in [4.78, 5) is 40.1. The zero-order chi connectivity index (χ0) is 25.2. The maximum absolute atomic E-state index is 13.2. The van der Waals surface area contributed by atoms with Crippen LogP contribution in [0.3, 0.4) is 0 Å². The molecule has 1 N–H and O–H groups in total. The van der Waals surface area contributed by atoms with Crippen LogP contribution in [0.1, 0.15) is 31.2 Å². The molecule has 2 heterocycles. The van der Waals surface area contributed by atoms with Crippen molar-refractivity contribution < 1.29 is 18.1 Å². The van der Waals surface area contributed by atoms with Crippen LogP contribution in [0, 0.1) is 17.0 Å². The molecule has 1 saturated heterocycles. The molecule has 3 aromatic rings. The second kappa shape index (κ2) is 9.92. The summed E-state index contributed by atoms with van der Waals surface area (Å²) in [5.41, 5.74) is 0.285. The van der Waals surface area contributed by atoms with E-state index < -0.39 is 33.0 Å². The molecule has 35 heavy (non-hydrogen) atoms. The number of hydrogen-bond donors (Lipinski definition) is 1. The van der Waals surface area contributed by atoms with E-state index in [1.165, 1.54) is 28.8 Å². The van der Waals surface area contributed by atoms with Crippen molar-refractivity contribution >= 4 is 38.2 Å². The number of rotatable bonds is 6. The third kappa shape index (κ3) is 5.23. The van der Waals surface area contributed by atoms with Gasteiger partial charge in [0.05, 0.1) is 27.0 Å². The molecular formula is C23H25N5O6S. The van der Waals surface area contributed by atoms with Gasteiger partial charge < -0.3 is 5.32 Å². The van der Waals surface area contributed by atoms with Gasteiger partial charge in [0, 0.05) is 30.9 Å². The molecule has 1 aromatic heterocycles. The van der Waals surface area contributed by atoms with Crippen molar-refractivity contribution in [1.82, 2.24) is 13.9 Å². The fourth-order valence-corrected chi connectivity index (χ4v) is 5.87. The minimum atomic E-state index is -3.71. The summed E-state index contributed by atoms with van der Waals surface area (Å²) in [7, 11) is -3.71. The first-order chi connectivity index (χ1) is 16.7. The van der Waals surface area contributed by atoms with E-state index in [0.717, 1.165) is 36.3 Å². The molecule has 1 aliphatic heterocycles. The normalized spacial score (nSPS) is 15.0. The fraction of sp³-hybridized carbons (Fsp3) is 0.348. The van der Waals surface area contributed by atoms with Gasteiger partial charge in [-0.05, 0) is 43.5 Å². The maximum Gasteiger partial charge on any atom is 0.270 e. The number of fused-ring (bicyclic) bond motifs is 1. The lowest BCUT2D eigenvalue weighted by Crippen LogP contribution is -2.32. The molecule has 0 unspecified atom stereocenters. The van der Waals surface area contributed by atoms with Gasteiger partial charge in [-0.2, -0.15) is 4.31 Å². The van der Waals surface area contributed by atoms with E-state index in [0.29, 0.717) is 18.7 Å². The molecule has 0 bridgehead atoms. The molecule has 4 rings (SSSR count). The number of sulfonamides is 1. The Bertz CT molecular complexity index is 1460. The van der Waals surface area contributed by atoms with Crippen molar-refractivity contribution in [2.24, 2.45) is 0 Å². The van der Waals surface area contributed by atoms with Gasteiger partial charge in [0.2, 0.25) is 15.9 Å². The highest BCUT2D eigenvalue weighted by Crippen LogP contribution is 2.26. The van der Waals surface area contributed by atoms with Gasteiger partial charge in [0.25, 0.3) is 11.2 Å². The standard InChI is InChI=1S/C23H25N5O6S/c1-16-6-7-17(12-21(16)35(33,34)27-10-4-2-3-5-11-27)25-22(29)14-26-15-24-20-9-8-18(28(31)32)13-19(20)23(26)30/h6-9,12-13,15H,2-5,10-11,14H2,1H3,(H,25,29). The number of nitrogens with zero attached hydrogens (tertiary/aromatic N) is 4. The van der Waals surface area contributed by atoms with Gasteiger partial charge in [-0.25, -0.2) is 13.4 Å². The number of aryl methyl sites for hydroxylation is 1. The van der Waals surface area contributed by atoms with E-state index in [9.17, 15) is 28.1 Å². The van der Waals surface area contributed by atoms with Crippen LogP contribution in [0.2, 0.25) is 0 Å². The Kier molecular flexibility index (Phi) is 6.94. The van der Waals surface area contributed by atoms with Crippen molar-refractivity contribution in [3.8, 4) is 0 Å². The van der Waals surface area contributed by atoms with E-state index >= 15 is 0 Å². The summed E-state index contributed by atoms with van der Waals surface area (Å²) in [6.07, 6.45) is 4.81. The monoisotopic (exact) mass is 499 g/mol. The molecule has 0 radical (unpaired) electrons. The summed E-state index contributed by atoms with van der Waals surface area (Å²) >= 11 is 0. The zero-order valence-corrected chi connectivity index (χ0v) is 20.0. The van der Waals surface area contributed by atoms with Gasteiger partial charge >= 0.3 is 0 Å². The third-order valence-electron chi connectivity index (χ3n) is 5.99. The number of carbonyl (C=O) groups is 1. The van der Waals surface area contributed by atoms with E-state index in [2.05, 4.69) is 10.3 Å². The smallest absolute Gasteiger partial charge is 0.270 e. The van der Waals surface area contributed by atoms with E-state index in [4.69, 9.17) is 0 Å². The Balaban J connectivity index is 1.56. The maximum atomic E-state index is 13.2. The number of carbonyl (C=O) groups excluding carboxylic acids is 1. The van der Waals surface area contributed by atoms with Crippen LogP contribution >= 0.6 is 0 Å². The lowest BCUT2D eigenvalue weighted by molar-refractivity contribution is -0.384. The van der Waals surface area contributed by atoms with Crippen molar-refractivity contribution in [3.05, 3.63) is 68.8 Å². The van der Waals surface area contributed by atoms with Gasteiger partial charge in [-0.15, -0.1) is 0 Å². The van der Waals surface area contributed by atoms with Crippen LogP contribution < -0.4 is 10.9 Å². The number of non-ortho nitro benzene ring substituents is 1. The first-order valence-corrected chi connectivity index (χ1v) is 12.6. The topological polar surface area (TPSA) is 145 Å². The van der Waals surface area contributed by atoms with E-state index in [1.54, 1.807) is 19.1 Å². The van der Waals surface area contributed by atoms with E-state index in [1.807, 2.05) is 0 Å². The Morgan fingerprint density at radius 1 is 1.11 bits per heavy atom. The molecule has 12 heteroatoms. The average molecular weight is 500 g/mol. The van der Waals surface area contributed by atoms with Gasteiger partial charge in [-0.1, -0.05) is 18.9 Å². The molecule has 1 aliphatic rings. The highest BCUT2D eigenvalue weighted by molar-refractivity contribution is 7.89. The summed E-state index contributed by atoms with van der Waals surface area (Å²) in [5, 5.41) is 13.7. The number of hydrogen-bond acceptors (Lipinski definition) is 7. The van der Waals surface area contributed by atoms with Crippen LogP contribution in [0.15, 0.2) is 52.4 Å². The quantitative estimate of drug-likeness (QED) is 0.405. The average Bonchev–Trinajstić information content (AvgIpc) is 3.12. The number of nitrogens with one attached hydrogen (secondary N) is 1. The second-order valence-corrected chi connectivity index (χ2v) is 10.4. The Hall–Kier alpha value is -3.64. The van der Waals surface area contributed by atoms with Crippen LogP contribution in [-0.4, -0.2) is 46.2 Å². The number of nitro benzene ring substituents is 1. The number of nitro groups is 1. The lowest BCUT2D eigenvalue weighted by Gasteiger charge is -2.21. The zero-order valence-electron chi connectivity index (χ0n) is 19.1. The lowest BCUT2D eigenvalue weighted by atomic mass is 10.2. The number of anilines is 1. The molecule has 2 aromatic carbocycles. The molecule has 1 amide bonds. The van der Waals surface area contributed by atoms with Crippen LogP contribution in [0.25, 0.3) is 10.9 Å². The second-order valence-electron chi connectivity index (χ2n) is 8.48. The molecular weight excluding hydrogens is 474 g/mol. The van der Waals surface area contributed by atoms with Crippen LogP contribution in [-0.2, 0) is 21.4 Å².